The summed E-state index contributed by atoms with van der Waals surface area (Å²) in [5.41, 5.74) is 6.60. The third-order valence-corrected chi connectivity index (χ3v) is 5.20. The molecule has 0 bridgehead atoms. The lowest BCUT2D eigenvalue weighted by molar-refractivity contribution is 0.0696. The van der Waals surface area contributed by atoms with Crippen molar-refractivity contribution in [3.8, 4) is 17.3 Å². The molecule has 0 spiro atoms. The summed E-state index contributed by atoms with van der Waals surface area (Å²) in [5, 5.41) is 18.4. The van der Waals surface area contributed by atoms with Gasteiger partial charge in [0.25, 0.3) is 0 Å². The number of nitrogens with zero attached hydrogens (tertiary/aromatic N) is 3. The second-order valence-electron chi connectivity index (χ2n) is 6.13. The van der Waals surface area contributed by atoms with E-state index >= 15 is 0 Å². The third-order valence-electron chi connectivity index (χ3n) is 4.40. The average molecular weight is 419 g/mol. The molecule has 3 rings (SSSR count). The lowest BCUT2D eigenvalue weighted by atomic mass is 10.0. The van der Waals surface area contributed by atoms with Crippen LogP contribution in [-0.2, 0) is 0 Å². The van der Waals surface area contributed by atoms with Crippen LogP contribution in [0.3, 0.4) is 0 Å². The van der Waals surface area contributed by atoms with Gasteiger partial charge in [0.05, 0.1) is 21.3 Å². The number of hydrogen-bond donors (Lipinski definition) is 2. The topological polar surface area (TPSA) is 103 Å². The predicted molar refractivity (Wildman–Crippen MR) is 98.4 cm³/mol. The lowest BCUT2D eigenvalue weighted by Gasteiger charge is -2.31. The molecule has 6 nitrogen and oxygen atoms in total. The molecule has 0 atom stereocenters. The van der Waals surface area contributed by atoms with E-state index in [1.54, 1.807) is 12.1 Å². The molecule has 0 aliphatic carbocycles. The Morgan fingerprint density at radius 1 is 1.38 bits per heavy atom. The normalized spacial score (nSPS) is 14.9. The third kappa shape index (κ3) is 3.54. The predicted octanol–water partition coefficient (Wildman–Crippen LogP) is 3.15. The van der Waals surface area contributed by atoms with Crippen LogP contribution in [0, 0.1) is 17.1 Å². The molecule has 3 N–H and O–H groups in total. The van der Waals surface area contributed by atoms with E-state index < -0.39 is 11.8 Å². The number of aromatic carboxylic acids is 1. The largest absolute Gasteiger partial charge is 0.478 e. The SMILES string of the molecule is N#Cc1ccc(-c2nc(N3CCC(N)CC3)cc(C(=O)O)c2Br)cc1F. The standard InChI is InChI=1S/C18H16BrFN4O2/c19-16-13(18(25)26)8-15(24-5-3-12(22)4-6-24)23-17(16)10-1-2-11(9-21)14(20)7-10/h1-2,7-8,12H,3-6,22H2,(H,25,26). The molecule has 1 aromatic heterocycles. The van der Waals surface area contributed by atoms with Crippen molar-refractivity contribution in [3.05, 3.63) is 45.7 Å². The Hall–Kier alpha value is -2.50. The molecular weight excluding hydrogens is 403 g/mol. The van der Waals surface area contributed by atoms with Crippen molar-refractivity contribution in [2.24, 2.45) is 5.73 Å². The van der Waals surface area contributed by atoms with Gasteiger partial charge in [-0.3, -0.25) is 0 Å². The molecule has 8 heteroatoms. The molecule has 26 heavy (non-hydrogen) atoms. The van der Waals surface area contributed by atoms with Crippen LogP contribution >= 0.6 is 15.9 Å². The van der Waals surface area contributed by atoms with Gasteiger partial charge in [-0.2, -0.15) is 5.26 Å². The maximum atomic E-state index is 14.0. The van der Waals surface area contributed by atoms with Gasteiger partial charge in [0, 0.05) is 24.7 Å². The zero-order valence-electron chi connectivity index (χ0n) is 13.7. The molecule has 1 fully saturated rings. The van der Waals surface area contributed by atoms with E-state index in [0.717, 1.165) is 12.8 Å². The maximum Gasteiger partial charge on any atom is 0.337 e. The first kappa shape index (κ1) is 18.3. The summed E-state index contributed by atoms with van der Waals surface area (Å²) in [6.45, 7) is 1.35. The molecule has 0 amide bonds. The molecular formula is C18H16BrFN4O2. The number of nitrogens with two attached hydrogens (primary N) is 1. The van der Waals surface area contributed by atoms with Crippen LogP contribution in [0.15, 0.2) is 28.7 Å². The van der Waals surface area contributed by atoms with Crippen molar-refractivity contribution in [1.82, 2.24) is 4.98 Å². The fourth-order valence-corrected chi connectivity index (χ4v) is 3.51. The van der Waals surface area contributed by atoms with Crippen molar-refractivity contribution < 1.29 is 14.3 Å². The van der Waals surface area contributed by atoms with Crippen molar-refractivity contribution in [2.45, 2.75) is 18.9 Å². The van der Waals surface area contributed by atoms with Crippen molar-refractivity contribution in [3.63, 3.8) is 0 Å². The Bertz CT molecular complexity index is 905. The monoisotopic (exact) mass is 418 g/mol. The molecule has 1 aromatic carbocycles. The van der Waals surface area contributed by atoms with Crippen LogP contribution in [0.25, 0.3) is 11.3 Å². The van der Waals surface area contributed by atoms with Crippen LogP contribution in [0.5, 0.6) is 0 Å². The summed E-state index contributed by atoms with van der Waals surface area (Å²) in [5.74, 6) is -1.27. The smallest absolute Gasteiger partial charge is 0.337 e. The zero-order chi connectivity index (χ0) is 18.8. The molecule has 2 aromatic rings. The summed E-state index contributed by atoms with van der Waals surface area (Å²) >= 11 is 3.28. The number of nitriles is 1. The van der Waals surface area contributed by atoms with Gasteiger partial charge in [0.15, 0.2) is 0 Å². The Kier molecular flexibility index (Phi) is 5.20. The summed E-state index contributed by atoms with van der Waals surface area (Å²) in [6.07, 6.45) is 1.59. The van der Waals surface area contributed by atoms with Crippen LogP contribution in [-0.4, -0.2) is 35.2 Å². The second-order valence-corrected chi connectivity index (χ2v) is 6.92. The number of benzene rings is 1. The molecule has 1 aliphatic heterocycles. The fraction of sp³-hybridized carbons (Fsp3) is 0.278. The van der Waals surface area contributed by atoms with Gasteiger partial charge in [-0.1, -0.05) is 6.07 Å². The number of rotatable bonds is 3. The first-order valence-corrected chi connectivity index (χ1v) is 8.84. The Balaban J connectivity index is 2.11. The number of carbonyl (C=O) groups is 1. The molecule has 134 valence electrons. The van der Waals surface area contributed by atoms with Gasteiger partial charge in [-0.05, 0) is 47.0 Å². The Labute approximate surface area is 158 Å². The quantitative estimate of drug-likeness (QED) is 0.793. The van der Waals surface area contributed by atoms with E-state index in [-0.39, 0.29) is 21.6 Å². The van der Waals surface area contributed by atoms with E-state index in [4.69, 9.17) is 11.0 Å². The highest BCUT2D eigenvalue weighted by Gasteiger charge is 2.23. The van der Waals surface area contributed by atoms with Gasteiger partial charge >= 0.3 is 5.97 Å². The molecule has 1 saturated heterocycles. The fourth-order valence-electron chi connectivity index (χ4n) is 2.91. The Morgan fingerprint density at radius 2 is 2.08 bits per heavy atom. The van der Waals surface area contributed by atoms with Crippen LogP contribution in [0.2, 0.25) is 0 Å². The number of aromatic nitrogens is 1. The molecule has 0 radical (unpaired) electrons. The minimum Gasteiger partial charge on any atom is -0.478 e. The van der Waals surface area contributed by atoms with Gasteiger partial charge in [-0.25, -0.2) is 14.2 Å². The molecule has 0 saturated carbocycles. The van der Waals surface area contributed by atoms with E-state index in [0.29, 0.717) is 30.2 Å². The molecule has 1 aliphatic rings. The number of hydrogen-bond acceptors (Lipinski definition) is 5. The maximum absolute atomic E-state index is 14.0. The van der Waals surface area contributed by atoms with E-state index in [9.17, 15) is 14.3 Å². The first-order chi connectivity index (χ1) is 12.4. The van der Waals surface area contributed by atoms with Crippen molar-refractivity contribution >= 4 is 27.7 Å². The van der Waals surface area contributed by atoms with Gasteiger partial charge < -0.3 is 15.7 Å². The van der Waals surface area contributed by atoms with Gasteiger partial charge in [0.2, 0.25) is 0 Å². The lowest BCUT2D eigenvalue weighted by Crippen LogP contribution is -2.40. The number of pyridine rings is 1. The zero-order valence-corrected chi connectivity index (χ0v) is 15.3. The summed E-state index contributed by atoms with van der Waals surface area (Å²) < 4.78 is 14.3. The second kappa shape index (κ2) is 7.40. The number of piperidine rings is 1. The number of halogens is 2. The van der Waals surface area contributed by atoms with Crippen molar-refractivity contribution in [1.29, 1.82) is 5.26 Å². The minimum atomic E-state index is -1.11. The highest BCUT2D eigenvalue weighted by molar-refractivity contribution is 9.10. The average Bonchev–Trinajstić information content (AvgIpc) is 2.62. The number of carboxylic acid groups (broad SMARTS) is 1. The number of carboxylic acids is 1. The van der Waals surface area contributed by atoms with Gasteiger partial charge in [-0.15, -0.1) is 0 Å². The first-order valence-electron chi connectivity index (χ1n) is 8.05. The highest BCUT2D eigenvalue weighted by atomic mass is 79.9. The van der Waals surface area contributed by atoms with Crippen LogP contribution in [0.4, 0.5) is 10.2 Å². The van der Waals surface area contributed by atoms with Crippen LogP contribution in [0.1, 0.15) is 28.8 Å². The highest BCUT2D eigenvalue weighted by Crippen LogP contribution is 2.34. The summed E-state index contributed by atoms with van der Waals surface area (Å²) in [4.78, 5) is 18.2. The summed E-state index contributed by atoms with van der Waals surface area (Å²) in [6, 6.07) is 7.50. The van der Waals surface area contributed by atoms with E-state index in [1.165, 1.54) is 18.2 Å². The van der Waals surface area contributed by atoms with Crippen LogP contribution < -0.4 is 10.6 Å². The summed E-state index contributed by atoms with van der Waals surface area (Å²) in [7, 11) is 0. The van der Waals surface area contributed by atoms with E-state index in [1.807, 2.05) is 4.90 Å². The van der Waals surface area contributed by atoms with Crippen molar-refractivity contribution in [2.75, 3.05) is 18.0 Å². The minimum absolute atomic E-state index is 0.0460. The molecule has 2 heterocycles. The Morgan fingerprint density at radius 3 is 2.65 bits per heavy atom. The van der Waals surface area contributed by atoms with E-state index in [2.05, 4.69) is 20.9 Å². The molecule has 0 unspecified atom stereocenters. The number of anilines is 1. The van der Waals surface area contributed by atoms with Gasteiger partial charge in [0.1, 0.15) is 17.7 Å².